The number of carbonyl (C=O) groups excluding carboxylic acids is 1. The molecular weight excluding hydrogens is 364 g/mol. The zero-order chi connectivity index (χ0) is 20.6. The van der Waals surface area contributed by atoms with Crippen LogP contribution in [0.2, 0.25) is 0 Å². The Balaban J connectivity index is 0.000000283. The maximum absolute atomic E-state index is 10.8. The Labute approximate surface area is 168 Å². The van der Waals surface area contributed by atoms with Gasteiger partial charge in [0.25, 0.3) is 0 Å². The third kappa shape index (κ3) is 12.3. The van der Waals surface area contributed by atoms with Crippen LogP contribution in [-0.2, 0) is 28.5 Å². The minimum atomic E-state index is -0.366. The van der Waals surface area contributed by atoms with E-state index in [1.54, 1.807) is 12.2 Å². The van der Waals surface area contributed by atoms with Crippen LogP contribution in [0.5, 0.6) is 0 Å². The van der Waals surface area contributed by atoms with Crippen LogP contribution in [0.1, 0.15) is 52.4 Å². The number of esters is 1. The second-order valence-corrected chi connectivity index (χ2v) is 6.77. The summed E-state index contributed by atoms with van der Waals surface area (Å²) in [5.41, 5.74) is 0. The van der Waals surface area contributed by atoms with Crippen molar-refractivity contribution in [3.63, 3.8) is 0 Å². The topological polar surface area (TPSA) is 83.5 Å². The highest BCUT2D eigenvalue weighted by Gasteiger charge is 2.16. The average molecular weight is 401 g/mol. The Hall–Kier alpha value is -1.25. The van der Waals surface area contributed by atoms with E-state index >= 15 is 0 Å². The lowest BCUT2D eigenvalue weighted by Crippen LogP contribution is -2.25. The van der Waals surface area contributed by atoms with Crippen LogP contribution in [-0.4, -0.2) is 62.8 Å². The summed E-state index contributed by atoms with van der Waals surface area (Å²) in [6.07, 6.45) is 12.8. The molecule has 2 unspecified atom stereocenters. The van der Waals surface area contributed by atoms with Gasteiger partial charge in [-0.3, -0.25) is 0 Å². The zero-order valence-corrected chi connectivity index (χ0v) is 17.4. The van der Waals surface area contributed by atoms with E-state index in [1.807, 2.05) is 19.9 Å². The van der Waals surface area contributed by atoms with Crippen LogP contribution >= 0.6 is 0 Å². The van der Waals surface area contributed by atoms with Crippen molar-refractivity contribution >= 4 is 5.97 Å². The summed E-state index contributed by atoms with van der Waals surface area (Å²) in [5.74, 6) is -0.366. The van der Waals surface area contributed by atoms with E-state index in [0.717, 1.165) is 45.3 Å². The number of hydrogen-bond acceptors (Lipinski definition) is 7. The van der Waals surface area contributed by atoms with Crippen molar-refractivity contribution < 1.29 is 33.6 Å². The predicted molar refractivity (Wildman–Crippen MR) is 106 cm³/mol. The largest absolute Gasteiger partial charge is 0.466 e. The van der Waals surface area contributed by atoms with Crippen molar-refractivity contribution in [2.75, 3.05) is 26.9 Å². The van der Waals surface area contributed by atoms with E-state index in [9.17, 15) is 4.79 Å². The lowest BCUT2D eigenvalue weighted by molar-refractivity contribution is -0.175. The summed E-state index contributed by atoms with van der Waals surface area (Å²) in [4.78, 5) is 10.8. The highest BCUT2D eigenvalue weighted by molar-refractivity contribution is 5.81. The molecule has 2 aliphatic rings. The van der Waals surface area contributed by atoms with E-state index in [-0.39, 0.29) is 37.4 Å². The number of ether oxygens (including phenoxy) is 5. The lowest BCUT2D eigenvalue weighted by Gasteiger charge is -2.24. The number of aliphatic hydroxyl groups excluding tert-OH is 1. The quantitative estimate of drug-likeness (QED) is 0.381. The molecule has 2 saturated heterocycles. The van der Waals surface area contributed by atoms with Gasteiger partial charge in [0.1, 0.15) is 0 Å². The summed E-state index contributed by atoms with van der Waals surface area (Å²) in [6.45, 7) is 5.46. The van der Waals surface area contributed by atoms with Gasteiger partial charge in [-0.15, -0.1) is 0 Å². The van der Waals surface area contributed by atoms with E-state index in [4.69, 9.17) is 24.1 Å². The molecule has 2 fully saturated rings. The van der Waals surface area contributed by atoms with Gasteiger partial charge in [-0.2, -0.15) is 0 Å². The number of hydrogen-bond donors (Lipinski definition) is 1. The first-order valence-corrected chi connectivity index (χ1v) is 10.1. The van der Waals surface area contributed by atoms with E-state index in [0.29, 0.717) is 0 Å². The van der Waals surface area contributed by atoms with Gasteiger partial charge in [-0.1, -0.05) is 12.2 Å². The molecule has 0 aromatic carbocycles. The van der Waals surface area contributed by atoms with Gasteiger partial charge in [0.15, 0.2) is 12.6 Å². The molecule has 4 atom stereocenters. The molecule has 0 spiro atoms. The van der Waals surface area contributed by atoms with Gasteiger partial charge in [0.05, 0.1) is 25.9 Å². The lowest BCUT2D eigenvalue weighted by atomic mass is 10.2. The summed E-state index contributed by atoms with van der Waals surface area (Å²) in [7, 11) is 1.35. The summed E-state index contributed by atoms with van der Waals surface area (Å²) in [6, 6.07) is 0. The third-order valence-electron chi connectivity index (χ3n) is 4.23. The van der Waals surface area contributed by atoms with Crippen LogP contribution < -0.4 is 0 Å². The molecule has 0 amide bonds. The third-order valence-corrected chi connectivity index (χ3v) is 4.23. The second kappa shape index (κ2) is 15.6. The monoisotopic (exact) mass is 400 g/mol. The standard InChI is InChI=1S/C11H18O4.C10H18O3/c1-9(6-7-10(12)13-2)15-11-5-3-4-8-14-11;1-9(5-4-7-11)13-10-6-2-3-8-12-10/h6-7,9,11H,3-5,8H2,1-2H3;4-5,9-11H,2-3,6-8H2,1H3/b7-6-;5-4-/t9-,11?;9-,10?/m00/s1. The number of rotatable bonds is 8. The SMILES string of the molecule is COC(=O)/C=C\[C@H](C)OC1CCCCO1.C[C@@H](/C=C\CO)OC1CCCCO1. The van der Waals surface area contributed by atoms with Crippen LogP contribution in [0.3, 0.4) is 0 Å². The van der Waals surface area contributed by atoms with Gasteiger partial charge in [-0.25, -0.2) is 4.79 Å². The first-order valence-electron chi connectivity index (χ1n) is 10.1. The molecule has 0 aromatic heterocycles. The fourth-order valence-electron chi connectivity index (χ4n) is 2.74. The smallest absolute Gasteiger partial charge is 0.330 e. The summed E-state index contributed by atoms with van der Waals surface area (Å²) >= 11 is 0. The molecule has 28 heavy (non-hydrogen) atoms. The fraction of sp³-hybridized carbons (Fsp3) is 0.762. The predicted octanol–water partition coefficient (Wildman–Crippen LogP) is 3.11. The highest BCUT2D eigenvalue weighted by Crippen LogP contribution is 2.16. The van der Waals surface area contributed by atoms with Gasteiger partial charge < -0.3 is 28.8 Å². The average Bonchev–Trinajstić information content (AvgIpc) is 2.72. The molecule has 0 saturated carbocycles. The Kier molecular flexibility index (Phi) is 13.9. The summed E-state index contributed by atoms with van der Waals surface area (Å²) in [5, 5.41) is 8.55. The molecule has 0 aliphatic carbocycles. The molecule has 2 rings (SSSR count). The van der Waals surface area contributed by atoms with Crippen LogP contribution in [0.15, 0.2) is 24.3 Å². The Bertz CT molecular complexity index is 452. The molecule has 7 nitrogen and oxygen atoms in total. The van der Waals surface area contributed by atoms with Crippen molar-refractivity contribution in [1.82, 2.24) is 0 Å². The normalized spacial score (nSPS) is 25.1. The van der Waals surface area contributed by atoms with Crippen molar-refractivity contribution in [1.29, 1.82) is 0 Å². The molecule has 7 heteroatoms. The minimum Gasteiger partial charge on any atom is -0.466 e. The van der Waals surface area contributed by atoms with E-state index in [2.05, 4.69) is 4.74 Å². The van der Waals surface area contributed by atoms with E-state index < -0.39 is 0 Å². The first-order chi connectivity index (χ1) is 13.5. The van der Waals surface area contributed by atoms with Gasteiger partial charge in [0, 0.05) is 19.3 Å². The molecule has 2 heterocycles. The van der Waals surface area contributed by atoms with Crippen molar-refractivity contribution in [3.8, 4) is 0 Å². The van der Waals surface area contributed by atoms with Gasteiger partial charge in [0.2, 0.25) is 0 Å². The second-order valence-electron chi connectivity index (χ2n) is 6.77. The van der Waals surface area contributed by atoms with Crippen molar-refractivity contribution in [2.45, 2.75) is 77.2 Å². The molecule has 0 bridgehead atoms. The Morgan fingerprint density at radius 2 is 1.54 bits per heavy atom. The Morgan fingerprint density at radius 3 is 1.96 bits per heavy atom. The minimum absolute atomic E-state index is 0.0234. The van der Waals surface area contributed by atoms with Crippen LogP contribution in [0.4, 0.5) is 0 Å². The Morgan fingerprint density at radius 1 is 1.00 bits per heavy atom. The number of carbonyl (C=O) groups is 1. The number of aliphatic hydroxyl groups is 1. The maximum atomic E-state index is 10.8. The van der Waals surface area contributed by atoms with Crippen LogP contribution in [0, 0.1) is 0 Å². The van der Waals surface area contributed by atoms with E-state index in [1.165, 1.54) is 19.6 Å². The van der Waals surface area contributed by atoms with Crippen molar-refractivity contribution in [3.05, 3.63) is 24.3 Å². The molecule has 0 aromatic rings. The zero-order valence-electron chi connectivity index (χ0n) is 17.4. The fourth-order valence-corrected chi connectivity index (χ4v) is 2.74. The molecular formula is C21H36O7. The summed E-state index contributed by atoms with van der Waals surface area (Å²) < 4.78 is 26.4. The molecule has 162 valence electrons. The maximum Gasteiger partial charge on any atom is 0.330 e. The molecule has 2 aliphatic heterocycles. The molecule has 0 radical (unpaired) electrons. The molecule has 1 N–H and O–H groups in total. The number of methoxy groups -OCH3 is 1. The first kappa shape index (κ1) is 24.8. The highest BCUT2D eigenvalue weighted by atomic mass is 16.7. The van der Waals surface area contributed by atoms with Crippen molar-refractivity contribution in [2.24, 2.45) is 0 Å². The van der Waals surface area contributed by atoms with Gasteiger partial charge in [-0.05, 0) is 58.4 Å². The van der Waals surface area contributed by atoms with Gasteiger partial charge >= 0.3 is 5.97 Å². The van der Waals surface area contributed by atoms with Crippen LogP contribution in [0.25, 0.3) is 0 Å².